The number of nitrogens with one attached hydrogen (secondary N) is 1. The molecule has 0 radical (unpaired) electrons. The lowest BCUT2D eigenvalue weighted by atomic mass is 9.74. The third-order valence-corrected chi connectivity index (χ3v) is 4.57. The van der Waals surface area contributed by atoms with Crippen LogP contribution >= 0.6 is 0 Å². The van der Waals surface area contributed by atoms with Crippen LogP contribution in [0.5, 0.6) is 0 Å². The van der Waals surface area contributed by atoms with Gasteiger partial charge in [-0.1, -0.05) is 6.42 Å². The molecule has 1 N–H and O–H groups in total. The minimum Gasteiger partial charge on any atom is -0.465 e. The zero-order chi connectivity index (χ0) is 15.5. The molecule has 7 heteroatoms. The number of nitrogens with zero attached hydrogens (tertiary/aromatic N) is 1. The second-order valence-electron chi connectivity index (χ2n) is 5.82. The van der Waals surface area contributed by atoms with Crippen LogP contribution in [0.2, 0.25) is 0 Å². The van der Waals surface area contributed by atoms with Gasteiger partial charge in [0.1, 0.15) is 5.54 Å². The molecule has 1 heterocycles. The van der Waals surface area contributed by atoms with Crippen molar-refractivity contribution >= 4 is 5.97 Å². The van der Waals surface area contributed by atoms with E-state index >= 15 is 0 Å². The van der Waals surface area contributed by atoms with E-state index in [9.17, 15) is 18.0 Å². The van der Waals surface area contributed by atoms with Gasteiger partial charge in [0.2, 0.25) is 0 Å². The summed E-state index contributed by atoms with van der Waals surface area (Å²) in [6.07, 6.45) is -3.44. The van der Waals surface area contributed by atoms with E-state index in [-0.39, 0.29) is 19.4 Å². The first-order chi connectivity index (χ1) is 9.90. The summed E-state index contributed by atoms with van der Waals surface area (Å²) in [6.45, 7) is 4.44. The maximum atomic E-state index is 13.1. The van der Waals surface area contributed by atoms with Gasteiger partial charge in [-0.3, -0.25) is 9.69 Å². The van der Waals surface area contributed by atoms with Crippen molar-refractivity contribution in [2.24, 2.45) is 5.92 Å². The van der Waals surface area contributed by atoms with Crippen molar-refractivity contribution in [1.29, 1.82) is 0 Å². The van der Waals surface area contributed by atoms with Crippen LogP contribution in [-0.4, -0.2) is 55.4 Å². The minimum atomic E-state index is -4.24. The van der Waals surface area contributed by atoms with E-state index in [4.69, 9.17) is 4.74 Å². The topological polar surface area (TPSA) is 41.6 Å². The fraction of sp³-hybridized carbons (Fsp3) is 0.929. The first-order valence-corrected chi connectivity index (χ1v) is 7.60. The lowest BCUT2D eigenvalue weighted by molar-refractivity contribution is -0.201. The standard InChI is InChI=1S/C14H23F3N2O2/c1-2-21-12(20)13(19-8-6-18-7-9-19)5-3-4-11(10-13)14(15,16)17/h11,18H,2-10H2,1H3. The second-order valence-corrected chi connectivity index (χ2v) is 5.82. The second kappa shape index (κ2) is 6.52. The van der Waals surface area contributed by atoms with Gasteiger partial charge in [0, 0.05) is 26.2 Å². The number of piperazine rings is 1. The van der Waals surface area contributed by atoms with Crippen LogP contribution in [0.3, 0.4) is 0 Å². The molecule has 2 aliphatic rings. The molecule has 0 amide bonds. The first-order valence-electron chi connectivity index (χ1n) is 7.60. The Balaban J connectivity index is 2.24. The number of hydrogen-bond donors (Lipinski definition) is 1. The molecule has 1 aliphatic heterocycles. The van der Waals surface area contributed by atoms with Crippen LogP contribution in [0.4, 0.5) is 13.2 Å². The number of alkyl halides is 3. The van der Waals surface area contributed by atoms with E-state index in [0.717, 1.165) is 0 Å². The van der Waals surface area contributed by atoms with E-state index in [1.807, 2.05) is 4.90 Å². The molecule has 0 aromatic heterocycles. The summed E-state index contributed by atoms with van der Waals surface area (Å²) in [6, 6.07) is 0. The molecule has 122 valence electrons. The number of halogens is 3. The average Bonchev–Trinajstić information content (AvgIpc) is 2.47. The van der Waals surface area contributed by atoms with E-state index < -0.39 is 23.6 Å². The quantitative estimate of drug-likeness (QED) is 0.809. The molecule has 4 nitrogen and oxygen atoms in total. The number of ether oxygens (including phenoxy) is 1. The van der Waals surface area contributed by atoms with Crippen molar-refractivity contribution in [3.8, 4) is 0 Å². The molecule has 0 bridgehead atoms. The van der Waals surface area contributed by atoms with Gasteiger partial charge in [-0.05, 0) is 26.2 Å². The fourth-order valence-corrected chi connectivity index (χ4v) is 3.49. The predicted molar refractivity (Wildman–Crippen MR) is 71.8 cm³/mol. The Bertz CT molecular complexity index is 370. The maximum Gasteiger partial charge on any atom is 0.391 e. The number of esters is 1. The van der Waals surface area contributed by atoms with Crippen LogP contribution < -0.4 is 5.32 Å². The molecular formula is C14H23F3N2O2. The summed E-state index contributed by atoms with van der Waals surface area (Å²) in [7, 11) is 0. The molecule has 21 heavy (non-hydrogen) atoms. The molecule has 1 aliphatic carbocycles. The van der Waals surface area contributed by atoms with Crippen molar-refractivity contribution in [2.45, 2.75) is 44.3 Å². The monoisotopic (exact) mass is 308 g/mol. The van der Waals surface area contributed by atoms with Crippen LogP contribution in [0.25, 0.3) is 0 Å². The Hall–Kier alpha value is -0.820. The van der Waals surface area contributed by atoms with Gasteiger partial charge < -0.3 is 10.1 Å². The van der Waals surface area contributed by atoms with Crippen LogP contribution in [0.1, 0.15) is 32.6 Å². The first kappa shape index (κ1) is 16.5. The van der Waals surface area contributed by atoms with Crippen molar-refractivity contribution in [1.82, 2.24) is 10.2 Å². The Morgan fingerprint density at radius 2 is 2.05 bits per heavy atom. The summed E-state index contributed by atoms with van der Waals surface area (Å²) in [5, 5.41) is 3.17. The van der Waals surface area contributed by atoms with E-state index in [1.54, 1.807) is 6.92 Å². The summed E-state index contributed by atoms with van der Waals surface area (Å²) in [5.74, 6) is -1.90. The van der Waals surface area contributed by atoms with Gasteiger partial charge in [-0.15, -0.1) is 0 Å². The Kier molecular flexibility index (Phi) is 5.14. The Morgan fingerprint density at radius 1 is 1.38 bits per heavy atom. The summed E-state index contributed by atoms with van der Waals surface area (Å²) in [4.78, 5) is 14.3. The molecular weight excluding hydrogens is 285 g/mol. The summed E-state index contributed by atoms with van der Waals surface area (Å²) < 4.78 is 44.5. The van der Waals surface area contributed by atoms with Gasteiger partial charge in [0.05, 0.1) is 12.5 Å². The van der Waals surface area contributed by atoms with Crippen molar-refractivity contribution < 1.29 is 22.7 Å². The minimum absolute atomic E-state index is 0.108. The van der Waals surface area contributed by atoms with Crippen LogP contribution in [0, 0.1) is 5.92 Å². The van der Waals surface area contributed by atoms with Crippen LogP contribution in [0.15, 0.2) is 0 Å². The van der Waals surface area contributed by atoms with Crippen LogP contribution in [-0.2, 0) is 9.53 Å². The van der Waals surface area contributed by atoms with Gasteiger partial charge in [0.15, 0.2) is 0 Å². The van der Waals surface area contributed by atoms with Crippen molar-refractivity contribution in [3.63, 3.8) is 0 Å². The highest BCUT2D eigenvalue weighted by Crippen LogP contribution is 2.44. The maximum absolute atomic E-state index is 13.1. The predicted octanol–water partition coefficient (Wildman–Crippen LogP) is 1.95. The number of hydrogen-bond acceptors (Lipinski definition) is 4. The van der Waals surface area contributed by atoms with E-state index in [0.29, 0.717) is 39.0 Å². The molecule has 0 spiro atoms. The largest absolute Gasteiger partial charge is 0.465 e. The zero-order valence-corrected chi connectivity index (χ0v) is 12.3. The molecule has 2 atom stereocenters. The highest BCUT2D eigenvalue weighted by molar-refractivity contribution is 5.81. The molecule has 2 fully saturated rings. The third kappa shape index (κ3) is 3.51. The molecule has 0 aromatic carbocycles. The van der Waals surface area contributed by atoms with E-state index in [1.165, 1.54) is 0 Å². The molecule has 1 saturated carbocycles. The van der Waals surface area contributed by atoms with Crippen molar-refractivity contribution in [3.05, 3.63) is 0 Å². The van der Waals surface area contributed by atoms with Gasteiger partial charge in [0.25, 0.3) is 0 Å². The van der Waals surface area contributed by atoms with Gasteiger partial charge in [-0.25, -0.2) is 0 Å². The summed E-state index contributed by atoms with van der Waals surface area (Å²) >= 11 is 0. The highest BCUT2D eigenvalue weighted by atomic mass is 19.4. The Labute approximate surface area is 123 Å². The lowest BCUT2D eigenvalue weighted by Gasteiger charge is -2.48. The van der Waals surface area contributed by atoms with Gasteiger partial charge >= 0.3 is 12.1 Å². The third-order valence-electron chi connectivity index (χ3n) is 4.57. The molecule has 1 saturated heterocycles. The van der Waals surface area contributed by atoms with Crippen molar-refractivity contribution in [2.75, 3.05) is 32.8 Å². The normalized spacial score (nSPS) is 31.9. The fourth-order valence-electron chi connectivity index (χ4n) is 3.49. The highest BCUT2D eigenvalue weighted by Gasteiger charge is 2.54. The number of carbonyl (C=O) groups excluding carboxylic acids is 1. The van der Waals surface area contributed by atoms with E-state index in [2.05, 4.69) is 5.32 Å². The molecule has 2 rings (SSSR count). The number of carbonyl (C=O) groups is 1. The average molecular weight is 308 g/mol. The smallest absolute Gasteiger partial charge is 0.391 e. The molecule has 2 unspecified atom stereocenters. The SMILES string of the molecule is CCOC(=O)C1(N2CCNCC2)CCCC(C(F)(F)F)C1. The van der Waals surface area contributed by atoms with Gasteiger partial charge in [-0.2, -0.15) is 13.2 Å². The lowest BCUT2D eigenvalue weighted by Crippen LogP contribution is -2.63. The summed E-state index contributed by atoms with van der Waals surface area (Å²) in [5.41, 5.74) is -1.10. The Morgan fingerprint density at radius 3 is 2.62 bits per heavy atom. The number of rotatable bonds is 3. The molecule has 0 aromatic rings. The zero-order valence-electron chi connectivity index (χ0n) is 12.3.